The third-order valence-corrected chi connectivity index (χ3v) is 7.88. The molecule has 2 atom stereocenters. The number of anilines is 2. The van der Waals surface area contributed by atoms with Crippen LogP contribution in [0.3, 0.4) is 0 Å². The number of rotatable bonds is 12. The summed E-state index contributed by atoms with van der Waals surface area (Å²) in [5, 5.41) is 0. The van der Waals surface area contributed by atoms with Crippen molar-refractivity contribution in [2.24, 2.45) is 11.5 Å². The number of nitrogens with zero attached hydrogens (tertiary/aromatic N) is 3. The van der Waals surface area contributed by atoms with Gasteiger partial charge in [0.1, 0.15) is 18.8 Å². The van der Waals surface area contributed by atoms with Crippen LogP contribution in [-0.4, -0.2) is 92.8 Å². The number of amides is 4. The molecule has 44 heavy (non-hydrogen) atoms. The second kappa shape index (κ2) is 17.5. The summed E-state index contributed by atoms with van der Waals surface area (Å²) in [4.78, 5) is 67.6. The van der Waals surface area contributed by atoms with Crippen molar-refractivity contribution in [1.82, 2.24) is 4.90 Å². The van der Waals surface area contributed by atoms with Crippen LogP contribution in [-0.2, 0) is 28.6 Å². The number of halogens is 3. The predicted molar refractivity (Wildman–Crippen MR) is 169 cm³/mol. The average molecular weight is 695 g/mol. The number of morpholine rings is 1. The van der Waals surface area contributed by atoms with Gasteiger partial charge in [0.05, 0.1) is 28.9 Å². The molecule has 0 saturated carbocycles. The lowest BCUT2D eigenvalue weighted by molar-refractivity contribution is -0.152. The van der Waals surface area contributed by atoms with E-state index in [1.54, 1.807) is 29.2 Å². The van der Waals surface area contributed by atoms with Crippen molar-refractivity contribution in [3.05, 3.63) is 45.6 Å². The SMILES string of the molecule is Cl.Cl.NCCCC[C@H](N)C(=O)OCC(=O)N(C[C@H]1CN(c2ccc(N3CCOCC3=O)cc2)C(=O)O1)C(=O)c1ccc(Cl)s1. The molecule has 2 saturated heterocycles. The Balaban J connectivity index is 0.00000337. The van der Waals surface area contributed by atoms with E-state index < -0.39 is 42.6 Å². The molecule has 4 N–H and O–H groups in total. The lowest BCUT2D eigenvalue weighted by Gasteiger charge is -2.27. The van der Waals surface area contributed by atoms with Crippen LogP contribution in [0.15, 0.2) is 36.4 Å². The monoisotopic (exact) mass is 693 g/mol. The van der Waals surface area contributed by atoms with Gasteiger partial charge in [0.15, 0.2) is 6.61 Å². The van der Waals surface area contributed by atoms with Crippen molar-refractivity contribution in [1.29, 1.82) is 0 Å². The van der Waals surface area contributed by atoms with Crippen LogP contribution in [0, 0.1) is 0 Å². The lowest BCUT2D eigenvalue weighted by Crippen LogP contribution is -2.45. The Morgan fingerprint density at radius 2 is 1.75 bits per heavy atom. The van der Waals surface area contributed by atoms with Crippen molar-refractivity contribution < 1.29 is 38.2 Å². The molecule has 0 radical (unpaired) electrons. The number of hydrogen-bond donors (Lipinski definition) is 2. The summed E-state index contributed by atoms with van der Waals surface area (Å²) in [6.45, 7) is 0.371. The standard InChI is InChI=1S/C27H32ClN5O8S.2ClH/c28-22-9-8-21(42-22)25(36)33(24(35)16-40-26(37)20(30)3-1-2-10-29)14-19-13-32(27(38)41-19)18-6-4-17(5-7-18)31-11-12-39-15-23(31)34;;/h4-9,19-20H,1-3,10-16,29-30H2;2*1H/t19-,20+;;/m1../s1. The second-order valence-corrected chi connectivity index (χ2v) is 11.4. The highest BCUT2D eigenvalue weighted by Crippen LogP contribution is 2.27. The fourth-order valence-corrected chi connectivity index (χ4v) is 5.43. The topological polar surface area (TPSA) is 175 Å². The number of thiophene rings is 1. The Kier molecular flexibility index (Phi) is 14.8. The maximum Gasteiger partial charge on any atom is 0.414 e. The number of carbonyl (C=O) groups is 5. The highest BCUT2D eigenvalue weighted by Gasteiger charge is 2.37. The van der Waals surface area contributed by atoms with Gasteiger partial charge in [0.25, 0.3) is 17.7 Å². The zero-order chi connectivity index (χ0) is 30.2. The minimum absolute atomic E-state index is 0. The highest BCUT2D eigenvalue weighted by atomic mass is 35.5. The number of nitrogens with two attached hydrogens (primary N) is 2. The molecular formula is C27H34Cl3N5O8S. The van der Waals surface area contributed by atoms with Crippen molar-refractivity contribution >= 4 is 88.9 Å². The molecule has 2 fully saturated rings. The summed E-state index contributed by atoms with van der Waals surface area (Å²) in [6, 6.07) is 8.86. The van der Waals surface area contributed by atoms with Crippen LogP contribution in [0.2, 0.25) is 4.34 Å². The molecular weight excluding hydrogens is 661 g/mol. The summed E-state index contributed by atoms with van der Waals surface area (Å²) in [5.74, 6) is -2.40. The number of hydrogen-bond acceptors (Lipinski definition) is 11. The summed E-state index contributed by atoms with van der Waals surface area (Å²) in [5.41, 5.74) is 12.5. The third-order valence-electron chi connectivity index (χ3n) is 6.66. The molecule has 2 aromatic rings. The van der Waals surface area contributed by atoms with Gasteiger partial charge in [0, 0.05) is 17.9 Å². The largest absolute Gasteiger partial charge is 0.454 e. The van der Waals surface area contributed by atoms with Gasteiger partial charge in [-0.25, -0.2) is 4.79 Å². The Hall–Kier alpha value is -2.98. The predicted octanol–water partition coefficient (Wildman–Crippen LogP) is 2.60. The fourth-order valence-electron chi connectivity index (χ4n) is 4.44. The molecule has 0 spiro atoms. The van der Waals surface area contributed by atoms with Gasteiger partial charge in [-0.3, -0.25) is 29.0 Å². The summed E-state index contributed by atoms with van der Waals surface area (Å²) in [7, 11) is 0. The maximum absolute atomic E-state index is 13.3. The Labute approximate surface area is 275 Å². The molecule has 242 valence electrons. The zero-order valence-corrected chi connectivity index (χ0v) is 26.8. The molecule has 2 aliphatic heterocycles. The first kappa shape index (κ1) is 37.2. The van der Waals surface area contributed by atoms with Gasteiger partial charge in [-0.1, -0.05) is 18.0 Å². The van der Waals surface area contributed by atoms with E-state index in [0.717, 1.165) is 16.2 Å². The Bertz CT molecular complexity index is 1310. The van der Waals surface area contributed by atoms with Crippen LogP contribution in [0.4, 0.5) is 16.2 Å². The van der Waals surface area contributed by atoms with E-state index in [4.69, 9.17) is 37.3 Å². The quantitative estimate of drug-likeness (QED) is 0.248. The Morgan fingerprint density at radius 1 is 1.07 bits per heavy atom. The van der Waals surface area contributed by atoms with Crippen LogP contribution in [0.5, 0.6) is 0 Å². The Morgan fingerprint density at radius 3 is 2.36 bits per heavy atom. The van der Waals surface area contributed by atoms with E-state index >= 15 is 0 Å². The number of unbranched alkanes of at least 4 members (excludes halogenated alkanes) is 1. The first-order valence-electron chi connectivity index (χ1n) is 13.4. The molecule has 4 amide bonds. The third kappa shape index (κ3) is 9.51. The van der Waals surface area contributed by atoms with Crippen LogP contribution >= 0.6 is 47.8 Å². The van der Waals surface area contributed by atoms with Gasteiger partial charge in [-0.2, -0.15) is 0 Å². The molecule has 1 aromatic heterocycles. The van der Waals surface area contributed by atoms with Crippen LogP contribution < -0.4 is 21.3 Å². The van der Waals surface area contributed by atoms with E-state index in [-0.39, 0.29) is 55.3 Å². The highest BCUT2D eigenvalue weighted by molar-refractivity contribution is 7.18. The average Bonchev–Trinajstić information content (AvgIpc) is 3.59. The number of benzene rings is 1. The first-order chi connectivity index (χ1) is 20.2. The van der Waals surface area contributed by atoms with Crippen LogP contribution in [0.1, 0.15) is 28.9 Å². The summed E-state index contributed by atoms with van der Waals surface area (Å²) < 4.78 is 16.1. The molecule has 13 nitrogen and oxygen atoms in total. The molecule has 17 heteroatoms. The summed E-state index contributed by atoms with van der Waals surface area (Å²) >= 11 is 6.97. The van der Waals surface area contributed by atoms with Gasteiger partial charge in [-0.15, -0.1) is 36.2 Å². The van der Waals surface area contributed by atoms with E-state index in [1.165, 1.54) is 17.0 Å². The fraction of sp³-hybridized carbons (Fsp3) is 0.444. The van der Waals surface area contributed by atoms with E-state index in [1.807, 2.05) is 0 Å². The van der Waals surface area contributed by atoms with Crippen LogP contribution in [0.25, 0.3) is 0 Å². The van der Waals surface area contributed by atoms with Crippen molar-refractivity contribution in [3.8, 4) is 0 Å². The molecule has 3 heterocycles. The number of ether oxygens (including phenoxy) is 3. The molecule has 4 rings (SSSR count). The number of imide groups is 1. The summed E-state index contributed by atoms with van der Waals surface area (Å²) in [6.07, 6.45) is 0.139. The van der Waals surface area contributed by atoms with Gasteiger partial charge >= 0.3 is 12.1 Å². The molecule has 0 aliphatic carbocycles. The minimum atomic E-state index is -0.929. The molecule has 2 aliphatic rings. The van der Waals surface area contributed by atoms with E-state index in [0.29, 0.717) is 54.7 Å². The number of esters is 1. The van der Waals surface area contributed by atoms with Crippen molar-refractivity contribution in [2.75, 3.05) is 55.8 Å². The maximum atomic E-state index is 13.3. The van der Waals surface area contributed by atoms with Gasteiger partial charge < -0.3 is 30.6 Å². The van der Waals surface area contributed by atoms with Gasteiger partial charge in [0.2, 0.25) is 0 Å². The molecule has 0 bridgehead atoms. The second-order valence-electron chi connectivity index (χ2n) is 9.64. The first-order valence-corrected chi connectivity index (χ1v) is 14.6. The molecule has 1 aromatic carbocycles. The smallest absolute Gasteiger partial charge is 0.414 e. The normalized spacial score (nSPS) is 16.8. The molecule has 0 unspecified atom stereocenters. The zero-order valence-electron chi connectivity index (χ0n) is 23.6. The number of carbonyl (C=O) groups excluding carboxylic acids is 5. The minimum Gasteiger partial charge on any atom is -0.454 e. The number of cyclic esters (lactones) is 1. The van der Waals surface area contributed by atoms with Crippen molar-refractivity contribution in [3.63, 3.8) is 0 Å². The lowest BCUT2D eigenvalue weighted by atomic mass is 10.1. The van der Waals surface area contributed by atoms with E-state index in [9.17, 15) is 24.0 Å². The van der Waals surface area contributed by atoms with Crippen molar-refractivity contribution in [2.45, 2.75) is 31.4 Å². The van der Waals surface area contributed by atoms with E-state index in [2.05, 4.69) is 0 Å². The van der Waals surface area contributed by atoms with Gasteiger partial charge in [-0.05, 0) is 55.8 Å².